The maximum absolute atomic E-state index is 12.6. The van der Waals surface area contributed by atoms with E-state index in [1.54, 1.807) is 10.4 Å². The summed E-state index contributed by atoms with van der Waals surface area (Å²) in [5.74, 6) is 0. The van der Waals surface area contributed by atoms with Crippen LogP contribution in [0.3, 0.4) is 0 Å². The zero-order chi connectivity index (χ0) is 13.8. The normalized spacial score (nSPS) is 12.3. The number of hydrogen-bond acceptors (Lipinski definition) is 3. The molecule has 0 saturated heterocycles. The maximum atomic E-state index is 12.6. The molecule has 0 fully saturated rings. The van der Waals surface area contributed by atoms with Crippen molar-refractivity contribution in [3.63, 3.8) is 0 Å². The van der Waals surface area contributed by atoms with Crippen LogP contribution in [0.25, 0.3) is 0 Å². The number of aryl methyl sites for hydroxylation is 1. The molecule has 0 amide bonds. The van der Waals surface area contributed by atoms with Gasteiger partial charge in [-0.2, -0.15) is 4.31 Å². The number of halogens is 2. The highest BCUT2D eigenvalue weighted by Crippen LogP contribution is 2.31. The highest BCUT2D eigenvalue weighted by atomic mass is 79.9. The lowest BCUT2D eigenvalue weighted by Gasteiger charge is -2.20. The molecule has 0 saturated carbocycles. The molecule has 0 spiro atoms. The molecule has 1 aromatic heterocycles. The zero-order valence-corrected chi connectivity index (χ0v) is 15.3. The molecular formula is C11H17Br2NO2S2. The van der Waals surface area contributed by atoms with Gasteiger partial charge in [0.15, 0.2) is 0 Å². The first kappa shape index (κ1) is 16.6. The fourth-order valence-corrected chi connectivity index (χ4v) is 6.13. The number of hydrogen-bond donors (Lipinski definition) is 0. The summed E-state index contributed by atoms with van der Waals surface area (Å²) >= 11 is 8.11. The molecule has 0 radical (unpaired) electrons. The van der Waals surface area contributed by atoms with Crippen molar-refractivity contribution in [1.29, 1.82) is 0 Å². The summed E-state index contributed by atoms with van der Waals surface area (Å²) in [7, 11) is -3.36. The van der Waals surface area contributed by atoms with Crippen molar-refractivity contribution in [2.45, 2.75) is 31.6 Å². The van der Waals surface area contributed by atoms with E-state index in [1.807, 2.05) is 6.92 Å². The number of sulfonamides is 1. The molecule has 1 heterocycles. The van der Waals surface area contributed by atoms with Gasteiger partial charge in [0.1, 0.15) is 0 Å². The van der Waals surface area contributed by atoms with Crippen molar-refractivity contribution in [3.05, 3.63) is 14.7 Å². The van der Waals surface area contributed by atoms with Crippen molar-refractivity contribution < 1.29 is 8.42 Å². The van der Waals surface area contributed by atoms with E-state index in [4.69, 9.17) is 0 Å². The van der Waals surface area contributed by atoms with Gasteiger partial charge in [0.05, 0.1) is 8.68 Å². The van der Waals surface area contributed by atoms with Gasteiger partial charge in [0.2, 0.25) is 10.0 Å². The Balaban J connectivity index is 3.04. The molecule has 0 N–H and O–H groups in total. The van der Waals surface area contributed by atoms with Crippen molar-refractivity contribution in [3.8, 4) is 0 Å². The van der Waals surface area contributed by atoms with E-state index in [2.05, 4.69) is 38.8 Å². The molecule has 0 aliphatic heterocycles. The van der Waals surface area contributed by atoms with E-state index < -0.39 is 10.0 Å². The van der Waals surface area contributed by atoms with Gasteiger partial charge in [-0.25, -0.2) is 8.42 Å². The number of nitrogens with zero attached hydrogens (tertiary/aromatic N) is 1. The monoisotopic (exact) mass is 417 g/mol. The number of rotatable bonds is 7. The molecule has 1 aromatic rings. The summed E-state index contributed by atoms with van der Waals surface area (Å²) < 4.78 is 27.5. The molecule has 0 aliphatic carbocycles. The molecule has 7 heteroatoms. The first-order valence-corrected chi connectivity index (χ1v) is 9.92. The Morgan fingerprint density at radius 1 is 1.39 bits per heavy atom. The van der Waals surface area contributed by atoms with Crippen LogP contribution in [-0.2, 0) is 10.0 Å². The van der Waals surface area contributed by atoms with Crippen LogP contribution in [0.2, 0.25) is 0 Å². The number of thiophene rings is 1. The lowest BCUT2D eigenvalue weighted by Crippen LogP contribution is -2.33. The summed E-state index contributed by atoms with van der Waals surface area (Å²) in [6.07, 6.45) is 1.87. The molecule has 0 atom stereocenters. The van der Waals surface area contributed by atoms with Crippen LogP contribution in [0.5, 0.6) is 0 Å². The second kappa shape index (κ2) is 7.38. The van der Waals surface area contributed by atoms with Gasteiger partial charge in [-0.15, -0.1) is 11.3 Å². The van der Waals surface area contributed by atoms with Crippen LogP contribution >= 0.6 is 43.2 Å². The van der Waals surface area contributed by atoms with E-state index in [9.17, 15) is 8.42 Å². The Bertz CT molecular complexity index is 485. The first-order valence-electron chi connectivity index (χ1n) is 5.75. The minimum Gasteiger partial charge on any atom is -0.207 e. The zero-order valence-electron chi connectivity index (χ0n) is 10.4. The van der Waals surface area contributed by atoms with Crippen LogP contribution in [0.1, 0.15) is 24.6 Å². The van der Waals surface area contributed by atoms with Crippen LogP contribution in [-0.4, -0.2) is 31.1 Å². The standard InChI is InChI=1S/C11H17Br2NO2S2/c1-3-4-6-14(7-5-12)18(15,16)10-8-11(13)17-9(10)2/h8H,3-7H2,1-2H3. The van der Waals surface area contributed by atoms with E-state index in [0.717, 1.165) is 21.5 Å². The van der Waals surface area contributed by atoms with E-state index >= 15 is 0 Å². The number of unbranched alkanes of at least 4 members (excludes halogenated alkanes) is 1. The van der Waals surface area contributed by atoms with Crippen molar-refractivity contribution in [2.75, 3.05) is 18.4 Å². The predicted octanol–water partition coefficient (Wildman–Crippen LogP) is 4.00. The minimum atomic E-state index is -3.36. The third-order valence-corrected chi connectivity index (χ3v) is 6.62. The van der Waals surface area contributed by atoms with Crippen LogP contribution in [0, 0.1) is 6.92 Å². The largest absolute Gasteiger partial charge is 0.244 e. The van der Waals surface area contributed by atoms with Gasteiger partial charge in [-0.05, 0) is 35.3 Å². The Morgan fingerprint density at radius 3 is 2.50 bits per heavy atom. The third-order valence-electron chi connectivity index (χ3n) is 2.55. The Kier molecular flexibility index (Phi) is 6.81. The van der Waals surface area contributed by atoms with Gasteiger partial charge in [0, 0.05) is 23.3 Å². The lowest BCUT2D eigenvalue weighted by atomic mass is 10.3. The summed E-state index contributed by atoms with van der Waals surface area (Å²) in [6.45, 7) is 4.99. The molecule has 3 nitrogen and oxygen atoms in total. The lowest BCUT2D eigenvalue weighted by molar-refractivity contribution is 0.422. The molecule has 0 unspecified atom stereocenters. The number of alkyl halides is 1. The van der Waals surface area contributed by atoms with E-state index in [1.165, 1.54) is 11.3 Å². The fourth-order valence-electron chi connectivity index (χ4n) is 1.61. The molecule has 0 aliphatic rings. The molecule has 1 rings (SSSR count). The summed E-state index contributed by atoms with van der Waals surface area (Å²) in [4.78, 5) is 1.26. The second-order valence-corrected chi connectivity index (χ2v) is 9.25. The smallest absolute Gasteiger partial charge is 0.207 e. The second-order valence-electron chi connectivity index (χ2n) is 3.92. The fraction of sp³-hybridized carbons (Fsp3) is 0.636. The molecular weight excluding hydrogens is 402 g/mol. The van der Waals surface area contributed by atoms with Crippen LogP contribution < -0.4 is 0 Å². The van der Waals surface area contributed by atoms with Gasteiger partial charge >= 0.3 is 0 Å². The molecule has 104 valence electrons. The minimum absolute atomic E-state index is 0.427. The van der Waals surface area contributed by atoms with Gasteiger partial charge in [-0.1, -0.05) is 29.3 Å². The highest BCUT2D eigenvalue weighted by Gasteiger charge is 2.26. The predicted molar refractivity (Wildman–Crippen MR) is 84.2 cm³/mol. The van der Waals surface area contributed by atoms with Gasteiger partial charge < -0.3 is 0 Å². The van der Waals surface area contributed by atoms with E-state index in [-0.39, 0.29) is 0 Å². The topological polar surface area (TPSA) is 37.4 Å². The van der Waals surface area contributed by atoms with Crippen LogP contribution in [0.4, 0.5) is 0 Å². The Hall–Kier alpha value is 0.570. The Morgan fingerprint density at radius 2 is 2.06 bits per heavy atom. The average molecular weight is 419 g/mol. The van der Waals surface area contributed by atoms with E-state index in [0.29, 0.717) is 23.3 Å². The maximum Gasteiger partial charge on any atom is 0.244 e. The third kappa shape index (κ3) is 4.03. The summed E-state index contributed by atoms with van der Waals surface area (Å²) in [6, 6.07) is 1.70. The highest BCUT2D eigenvalue weighted by molar-refractivity contribution is 9.11. The summed E-state index contributed by atoms with van der Waals surface area (Å²) in [5.41, 5.74) is 0. The van der Waals surface area contributed by atoms with Crippen molar-refractivity contribution in [2.24, 2.45) is 0 Å². The molecule has 18 heavy (non-hydrogen) atoms. The molecule has 0 aromatic carbocycles. The van der Waals surface area contributed by atoms with Gasteiger partial charge in [-0.3, -0.25) is 0 Å². The van der Waals surface area contributed by atoms with Crippen molar-refractivity contribution in [1.82, 2.24) is 4.31 Å². The first-order chi connectivity index (χ1) is 8.43. The Labute approximate surface area is 130 Å². The quantitative estimate of drug-likeness (QED) is 0.627. The van der Waals surface area contributed by atoms with Crippen molar-refractivity contribution >= 4 is 53.2 Å². The SMILES string of the molecule is CCCCN(CCBr)S(=O)(=O)c1cc(Br)sc1C. The van der Waals surface area contributed by atoms with Gasteiger partial charge in [0.25, 0.3) is 0 Å². The molecule has 0 bridgehead atoms. The average Bonchev–Trinajstić information content (AvgIpc) is 2.64. The summed E-state index contributed by atoms with van der Waals surface area (Å²) in [5, 5.41) is 0.653. The van der Waals surface area contributed by atoms with Crippen LogP contribution in [0.15, 0.2) is 14.7 Å².